The largest absolute Gasteiger partial charge is 0.355 e. The smallest absolute Gasteiger partial charge is 0.191 e. The molecule has 0 aliphatic rings. The Morgan fingerprint density at radius 1 is 1.11 bits per heavy atom. The van der Waals surface area contributed by atoms with Gasteiger partial charge >= 0.3 is 0 Å². The average molecular weight is 394 g/mol. The van der Waals surface area contributed by atoms with E-state index >= 15 is 0 Å². The highest BCUT2D eigenvalue weighted by Crippen LogP contribution is 2.21. The van der Waals surface area contributed by atoms with Crippen LogP contribution in [0.15, 0.2) is 83.2 Å². The number of rotatable bonds is 8. The maximum Gasteiger partial charge on any atom is 0.191 e. The van der Waals surface area contributed by atoms with E-state index in [0.717, 1.165) is 25.6 Å². The molecule has 0 radical (unpaired) electrons. The van der Waals surface area contributed by atoms with Gasteiger partial charge in [0.25, 0.3) is 0 Å². The molecule has 0 amide bonds. The van der Waals surface area contributed by atoms with Crippen molar-refractivity contribution in [3.8, 4) is 0 Å². The van der Waals surface area contributed by atoms with Gasteiger partial charge in [0.1, 0.15) is 0 Å². The van der Waals surface area contributed by atoms with E-state index in [1.807, 2.05) is 30.4 Å². The van der Waals surface area contributed by atoms with Crippen molar-refractivity contribution in [3.05, 3.63) is 84.4 Å². The molecule has 0 saturated carbocycles. The van der Waals surface area contributed by atoms with Gasteiger partial charge in [0.15, 0.2) is 5.96 Å². The Hall–Kier alpha value is -2.73. The molecule has 0 aliphatic heterocycles. The molecule has 146 valence electrons. The summed E-state index contributed by atoms with van der Waals surface area (Å²) in [6.07, 6.45) is 5.62. The summed E-state index contributed by atoms with van der Waals surface area (Å²) in [7, 11) is 1.81. The first-order chi connectivity index (χ1) is 13.7. The van der Waals surface area contributed by atoms with Gasteiger partial charge in [0.05, 0.1) is 6.33 Å². The van der Waals surface area contributed by atoms with Crippen molar-refractivity contribution in [1.29, 1.82) is 0 Å². The zero-order valence-electron chi connectivity index (χ0n) is 16.4. The van der Waals surface area contributed by atoms with Gasteiger partial charge in [0, 0.05) is 49.2 Å². The van der Waals surface area contributed by atoms with Gasteiger partial charge in [-0.05, 0) is 23.3 Å². The number of hydrogen-bond donors (Lipinski definition) is 2. The molecule has 0 aliphatic carbocycles. The van der Waals surface area contributed by atoms with E-state index in [2.05, 4.69) is 80.6 Å². The summed E-state index contributed by atoms with van der Waals surface area (Å²) in [5.74, 6) is 0.820. The number of hydrogen-bond acceptors (Lipinski definition) is 3. The van der Waals surface area contributed by atoms with Gasteiger partial charge in [-0.3, -0.25) is 4.99 Å². The SMILES string of the molecule is CN=C(NCc1cccc(Cn2ccnc2)c1)NCC(C)Sc1ccccc1. The van der Waals surface area contributed by atoms with Gasteiger partial charge < -0.3 is 15.2 Å². The summed E-state index contributed by atoms with van der Waals surface area (Å²) < 4.78 is 2.07. The third kappa shape index (κ3) is 6.46. The highest BCUT2D eigenvalue weighted by atomic mass is 32.2. The number of aliphatic imine (C=N–C) groups is 1. The zero-order chi connectivity index (χ0) is 19.6. The molecule has 2 aromatic carbocycles. The van der Waals surface area contributed by atoms with E-state index in [-0.39, 0.29) is 0 Å². The molecule has 1 heterocycles. The Bertz CT molecular complexity index is 862. The van der Waals surface area contributed by atoms with Crippen molar-refractivity contribution < 1.29 is 0 Å². The second-order valence-electron chi connectivity index (χ2n) is 6.60. The zero-order valence-corrected chi connectivity index (χ0v) is 17.2. The van der Waals surface area contributed by atoms with Crippen LogP contribution in [0.4, 0.5) is 0 Å². The number of thioether (sulfide) groups is 1. The van der Waals surface area contributed by atoms with Crippen molar-refractivity contribution in [2.75, 3.05) is 13.6 Å². The fourth-order valence-corrected chi connectivity index (χ4v) is 3.79. The lowest BCUT2D eigenvalue weighted by Gasteiger charge is -2.16. The number of benzene rings is 2. The molecule has 6 heteroatoms. The van der Waals surface area contributed by atoms with Crippen LogP contribution in [0, 0.1) is 0 Å². The summed E-state index contributed by atoms with van der Waals surface area (Å²) in [5, 5.41) is 7.26. The Morgan fingerprint density at radius 2 is 1.93 bits per heavy atom. The van der Waals surface area contributed by atoms with E-state index < -0.39 is 0 Å². The van der Waals surface area contributed by atoms with E-state index in [1.165, 1.54) is 16.0 Å². The number of nitrogens with one attached hydrogen (secondary N) is 2. The molecule has 1 unspecified atom stereocenters. The predicted molar refractivity (Wildman–Crippen MR) is 118 cm³/mol. The maximum atomic E-state index is 4.34. The number of imidazole rings is 1. The lowest BCUT2D eigenvalue weighted by molar-refractivity contribution is 0.781. The maximum absolute atomic E-state index is 4.34. The molecule has 3 rings (SSSR count). The molecule has 0 bridgehead atoms. The fourth-order valence-electron chi connectivity index (χ4n) is 2.85. The molecule has 28 heavy (non-hydrogen) atoms. The Labute approximate surface area is 171 Å². The Balaban J connectivity index is 1.46. The monoisotopic (exact) mass is 393 g/mol. The summed E-state index contributed by atoms with van der Waals surface area (Å²) in [4.78, 5) is 9.72. The lowest BCUT2D eigenvalue weighted by Crippen LogP contribution is -2.39. The molecule has 5 nitrogen and oxygen atoms in total. The first-order valence-corrected chi connectivity index (χ1v) is 10.3. The molecule has 0 fully saturated rings. The van der Waals surface area contributed by atoms with Crippen LogP contribution < -0.4 is 10.6 Å². The molecular weight excluding hydrogens is 366 g/mol. The summed E-state index contributed by atoms with van der Waals surface area (Å²) in [5.41, 5.74) is 2.49. The van der Waals surface area contributed by atoms with Crippen LogP contribution >= 0.6 is 11.8 Å². The summed E-state index contributed by atoms with van der Waals surface area (Å²) in [6.45, 7) is 4.63. The van der Waals surface area contributed by atoms with E-state index in [4.69, 9.17) is 0 Å². The molecular formula is C22H27N5S. The number of guanidine groups is 1. The van der Waals surface area contributed by atoms with Gasteiger partial charge in [0.2, 0.25) is 0 Å². The molecule has 0 saturated heterocycles. The van der Waals surface area contributed by atoms with Crippen LogP contribution in [-0.2, 0) is 13.1 Å². The van der Waals surface area contributed by atoms with Crippen LogP contribution in [0.5, 0.6) is 0 Å². The number of aromatic nitrogens is 2. The minimum Gasteiger partial charge on any atom is -0.355 e. The van der Waals surface area contributed by atoms with Crippen molar-refractivity contribution in [2.24, 2.45) is 4.99 Å². The molecule has 0 spiro atoms. The second kappa shape index (κ2) is 10.6. The topological polar surface area (TPSA) is 54.2 Å². The van der Waals surface area contributed by atoms with Crippen LogP contribution in [0.3, 0.4) is 0 Å². The van der Waals surface area contributed by atoms with Crippen LogP contribution in [-0.4, -0.2) is 34.4 Å². The molecule has 1 atom stereocenters. The molecule has 2 N–H and O–H groups in total. The van der Waals surface area contributed by atoms with Crippen molar-refractivity contribution in [3.63, 3.8) is 0 Å². The van der Waals surface area contributed by atoms with Crippen LogP contribution in [0.25, 0.3) is 0 Å². The van der Waals surface area contributed by atoms with E-state index in [0.29, 0.717) is 5.25 Å². The van der Waals surface area contributed by atoms with E-state index in [1.54, 1.807) is 13.2 Å². The first-order valence-electron chi connectivity index (χ1n) is 9.42. The molecule has 1 aromatic heterocycles. The van der Waals surface area contributed by atoms with E-state index in [9.17, 15) is 0 Å². The lowest BCUT2D eigenvalue weighted by atomic mass is 10.1. The minimum atomic E-state index is 0.444. The Morgan fingerprint density at radius 3 is 2.68 bits per heavy atom. The third-order valence-electron chi connectivity index (χ3n) is 4.24. The van der Waals surface area contributed by atoms with Gasteiger partial charge in [-0.1, -0.05) is 49.4 Å². The highest BCUT2D eigenvalue weighted by molar-refractivity contribution is 8.00. The van der Waals surface area contributed by atoms with Crippen molar-refractivity contribution in [2.45, 2.75) is 30.2 Å². The van der Waals surface area contributed by atoms with Crippen molar-refractivity contribution >= 4 is 17.7 Å². The molecule has 3 aromatic rings. The van der Waals surface area contributed by atoms with Crippen LogP contribution in [0.2, 0.25) is 0 Å². The third-order valence-corrected chi connectivity index (χ3v) is 5.35. The highest BCUT2D eigenvalue weighted by Gasteiger charge is 2.06. The Kier molecular flexibility index (Phi) is 7.55. The van der Waals surface area contributed by atoms with Gasteiger partial charge in [-0.2, -0.15) is 0 Å². The van der Waals surface area contributed by atoms with Gasteiger partial charge in [-0.25, -0.2) is 4.98 Å². The normalized spacial score (nSPS) is 12.6. The average Bonchev–Trinajstić information content (AvgIpc) is 3.22. The fraction of sp³-hybridized carbons (Fsp3) is 0.273. The second-order valence-corrected chi connectivity index (χ2v) is 8.12. The first kappa shape index (κ1) is 20.0. The standard InChI is InChI=1S/C22H27N5S/c1-18(28-21-9-4-3-5-10-21)14-25-22(23-2)26-15-19-7-6-8-20(13-19)16-27-12-11-24-17-27/h3-13,17-18H,14-16H2,1-2H3,(H2,23,25,26). The summed E-state index contributed by atoms with van der Waals surface area (Å²) >= 11 is 1.86. The number of nitrogens with zero attached hydrogens (tertiary/aromatic N) is 3. The summed E-state index contributed by atoms with van der Waals surface area (Å²) in [6, 6.07) is 19.1. The van der Waals surface area contributed by atoms with Crippen molar-refractivity contribution in [1.82, 2.24) is 20.2 Å². The van der Waals surface area contributed by atoms with Crippen LogP contribution in [0.1, 0.15) is 18.1 Å². The van der Waals surface area contributed by atoms with Gasteiger partial charge in [-0.15, -0.1) is 11.8 Å². The predicted octanol–water partition coefficient (Wildman–Crippen LogP) is 3.78. The minimum absolute atomic E-state index is 0.444. The quantitative estimate of drug-likeness (QED) is 0.347.